The van der Waals surface area contributed by atoms with Crippen LogP contribution < -0.4 is 16.4 Å². The predicted octanol–water partition coefficient (Wildman–Crippen LogP) is -2.05. The van der Waals surface area contributed by atoms with Crippen LogP contribution in [-0.4, -0.2) is 84.4 Å². The Balaban J connectivity index is 3.10. The fourth-order valence-corrected chi connectivity index (χ4v) is 3.96. The van der Waals surface area contributed by atoms with E-state index in [9.17, 15) is 49.5 Å². The maximum absolute atomic E-state index is 12.4. The summed E-state index contributed by atoms with van der Waals surface area (Å²) in [4.78, 5) is 76.8. The van der Waals surface area contributed by atoms with Gasteiger partial charge in [0.15, 0.2) is 5.25 Å². The van der Waals surface area contributed by atoms with Gasteiger partial charge in [-0.15, -0.1) is 11.8 Å². The van der Waals surface area contributed by atoms with E-state index in [-0.39, 0.29) is 6.42 Å². The van der Waals surface area contributed by atoms with Crippen LogP contribution >= 0.6 is 11.8 Å². The summed E-state index contributed by atoms with van der Waals surface area (Å²) < 4.78 is 0. The third-order valence-electron chi connectivity index (χ3n) is 4.38. The number of hydrogen-bond donors (Lipinski definition) is 5. The largest absolute Gasteiger partial charge is 0.480 e. The van der Waals surface area contributed by atoms with Gasteiger partial charge >= 0.3 is 11.9 Å². The van der Waals surface area contributed by atoms with Crippen LogP contribution in [0, 0.1) is 30.3 Å². The molecule has 0 bridgehead atoms. The molecule has 0 saturated heterocycles. The van der Waals surface area contributed by atoms with Crippen LogP contribution in [0.4, 0.5) is 0 Å². The van der Waals surface area contributed by atoms with Gasteiger partial charge in [0.1, 0.15) is 18.6 Å². The number of aliphatic carboxylic acids is 2. The highest BCUT2D eigenvalue weighted by Gasteiger charge is 2.44. The summed E-state index contributed by atoms with van der Waals surface area (Å²) in [5.41, 5.74) is 3.54. The lowest BCUT2D eigenvalue weighted by Crippen LogP contribution is -2.50. The van der Waals surface area contributed by atoms with Crippen molar-refractivity contribution in [1.29, 1.82) is 0 Å². The highest BCUT2D eigenvalue weighted by atomic mass is 32.2. The zero-order valence-corrected chi connectivity index (χ0v) is 18.4. The number of thioether (sulfide) groups is 1. The molecule has 0 spiro atoms. The first-order valence-electron chi connectivity index (χ1n) is 9.49. The average molecular weight is 520 g/mol. The molecule has 6 N–H and O–H groups in total. The lowest BCUT2D eigenvalue weighted by molar-refractivity contribution is -0.505. The minimum Gasteiger partial charge on any atom is -0.480 e. The van der Waals surface area contributed by atoms with Crippen LogP contribution in [0.3, 0.4) is 0 Å². The van der Waals surface area contributed by atoms with Crippen LogP contribution in [0.25, 0.3) is 0 Å². The van der Waals surface area contributed by atoms with Crippen LogP contribution in [-0.2, 0) is 19.2 Å². The second kappa shape index (κ2) is 12.9. The molecule has 0 aromatic heterocycles. The van der Waals surface area contributed by atoms with Crippen LogP contribution in [0.1, 0.15) is 12.8 Å². The number of nitro groups is 3. The van der Waals surface area contributed by atoms with E-state index in [4.69, 9.17) is 15.9 Å². The highest BCUT2D eigenvalue weighted by Crippen LogP contribution is 2.32. The first-order valence-corrected chi connectivity index (χ1v) is 10.5. The fraction of sp³-hybridized carbons (Fsp3) is 0.500. The van der Waals surface area contributed by atoms with Gasteiger partial charge in [-0.1, -0.05) is 0 Å². The van der Waals surface area contributed by atoms with E-state index in [0.717, 1.165) is 0 Å². The molecule has 0 aliphatic heterocycles. The van der Waals surface area contributed by atoms with Gasteiger partial charge in [0.05, 0.1) is 22.0 Å². The molecule has 1 aliphatic rings. The first-order chi connectivity index (χ1) is 16.2. The quantitative estimate of drug-likeness (QED) is 0.122. The van der Waals surface area contributed by atoms with Crippen LogP contribution in [0.5, 0.6) is 0 Å². The number of rotatable bonds is 14. The van der Waals surface area contributed by atoms with Gasteiger partial charge in [-0.05, 0) is 6.42 Å². The minimum absolute atomic E-state index is 0.314. The molecule has 0 heterocycles. The van der Waals surface area contributed by atoms with Crippen molar-refractivity contribution >= 4 is 35.5 Å². The average Bonchev–Trinajstić information content (AvgIpc) is 2.77. The molecule has 35 heavy (non-hydrogen) atoms. The van der Waals surface area contributed by atoms with Gasteiger partial charge in [-0.25, -0.2) is 0 Å². The Kier molecular flexibility index (Phi) is 10.7. The van der Waals surface area contributed by atoms with Crippen molar-refractivity contribution in [2.45, 2.75) is 36.2 Å². The summed E-state index contributed by atoms with van der Waals surface area (Å²) >= 11 is 0.442. The van der Waals surface area contributed by atoms with Crippen molar-refractivity contribution in [2.75, 3.05) is 12.3 Å². The molecule has 0 unspecified atom stereocenters. The lowest BCUT2D eigenvalue weighted by atomic mass is 10.1. The molecular formula is C16H20N6O12S. The van der Waals surface area contributed by atoms with Crippen molar-refractivity contribution in [3.63, 3.8) is 0 Å². The van der Waals surface area contributed by atoms with Gasteiger partial charge in [0.25, 0.3) is 17.4 Å². The van der Waals surface area contributed by atoms with E-state index in [1.807, 2.05) is 5.32 Å². The monoisotopic (exact) mass is 520 g/mol. The van der Waals surface area contributed by atoms with Crippen LogP contribution in [0.2, 0.25) is 0 Å². The Morgan fingerprint density at radius 1 is 1.06 bits per heavy atom. The summed E-state index contributed by atoms with van der Waals surface area (Å²) in [6.45, 7) is -0.853. The van der Waals surface area contributed by atoms with Crippen LogP contribution in [0.15, 0.2) is 23.5 Å². The zero-order chi connectivity index (χ0) is 26.9. The Labute approximate surface area is 199 Å². The van der Waals surface area contributed by atoms with E-state index in [1.54, 1.807) is 0 Å². The van der Waals surface area contributed by atoms with Gasteiger partial charge in [-0.3, -0.25) is 49.5 Å². The van der Waals surface area contributed by atoms with Gasteiger partial charge in [0.2, 0.25) is 11.8 Å². The Morgan fingerprint density at radius 2 is 1.60 bits per heavy atom. The molecular weight excluding hydrogens is 500 g/mol. The van der Waals surface area contributed by atoms with E-state index >= 15 is 0 Å². The zero-order valence-electron chi connectivity index (χ0n) is 17.6. The second-order valence-electron chi connectivity index (χ2n) is 6.90. The molecule has 0 aromatic carbocycles. The van der Waals surface area contributed by atoms with Crippen molar-refractivity contribution in [2.24, 2.45) is 5.73 Å². The molecule has 0 fully saturated rings. The normalized spacial score (nSPS) is 18.8. The minimum atomic E-state index is -1.83. The third kappa shape index (κ3) is 8.97. The predicted molar refractivity (Wildman–Crippen MR) is 115 cm³/mol. The van der Waals surface area contributed by atoms with Crippen molar-refractivity contribution < 1.29 is 44.2 Å². The molecule has 18 nitrogen and oxygen atoms in total. The van der Waals surface area contributed by atoms with Crippen molar-refractivity contribution in [1.82, 2.24) is 10.6 Å². The Bertz CT molecular complexity index is 950. The maximum Gasteiger partial charge on any atom is 0.322 e. The molecule has 0 aromatic rings. The number of hydrogen-bond acceptors (Lipinski definition) is 12. The number of nitrogens with zero attached hydrogens (tertiary/aromatic N) is 3. The molecule has 0 saturated carbocycles. The Hall–Kier alpha value is -4.13. The second-order valence-corrected chi connectivity index (χ2v) is 8.04. The molecule has 192 valence electrons. The molecule has 2 amide bonds. The standard InChI is InChI=1S/C16H20N6O12S/c17-8(16(27)28)1-2-12(23)19-9(15(26)18-5-13(24)25)6-35-14-10(21(31)32)3-7(20(29)30)4-11(14)22(33)34/h3-4,7-9,14H,1-2,5-6,17H2,(H,18,26)(H,19,23)(H,24,25)(H,27,28)/t7?,8-,9-,14?/m0/s1. The first kappa shape index (κ1) is 28.9. The number of amides is 2. The summed E-state index contributed by atoms with van der Waals surface area (Å²) in [6, 6.07) is -4.77. The van der Waals surface area contributed by atoms with Gasteiger partial charge < -0.3 is 26.6 Å². The van der Waals surface area contributed by atoms with Gasteiger partial charge in [-0.2, -0.15) is 0 Å². The summed E-state index contributed by atoms with van der Waals surface area (Å²) in [6.07, 6.45) is 0.450. The maximum atomic E-state index is 12.4. The smallest absolute Gasteiger partial charge is 0.322 e. The third-order valence-corrected chi connectivity index (χ3v) is 5.72. The van der Waals surface area contributed by atoms with E-state index < -0.39 is 92.0 Å². The van der Waals surface area contributed by atoms with E-state index in [2.05, 4.69) is 5.32 Å². The fourth-order valence-electron chi connectivity index (χ4n) is 2.67. The van der Waals surface area contributed by atoms with E-state index in [1.165, 1.54) is 0 Å². The molecule has 0 radical (unpaired) electrons. The Morgan fingerprint density at radius 3 is 2.03 bits per heavy atom. The number of carbonyl (C=O) groups is 4. The number of carbonyl (C=O) groups excluding carboxylic acids is 2. The highest BCUT2D eigenvalue weighted by molar-refractivity contribution is 8.00. The topological polar surface area (TPSA) is 288 Å². The van der Waals surface area contributed by atoms with Gasteiger partial charge in [0, 0.05) is 17.1 Å². The van der Waals surface area contributed by atoms with E-state index in [0.29, 0.717) is 23.9 Å². The SMILES string of the molecule is N[C@@H](CCC(=O)N[C@@H](CSC1C([N+](=O)[O-])=CC([N+](=O)[O-])C=C1[N+](=O)[O-])C(=O)NCC(=O)O)C(=O)O. The number of nitrogens with one attached hydrogen (secondary N) is 2. The number of carboxylic acid groups (broad SMARTS) is 2. The number of carboxylic acids is 2. The van der Waals surface area contributed by atoms with Crippen molar-refractivity contribution in [3.05, 3.63) is 53.9 Å². The molecule has 1 aliphatic carbocycles. The molecule has 2 atom stereocenters. The molecule has 1 rings (SSSR count). The summed E-state index contributed by atoms with van der Waals surface area (Å²) in [5.74, 6) is -5.28. The summed E-state index contributed by atoms with van der Waals surface area (Å²) in [7, 11) is 0. The molecule has 19 heteroatoms. The summed E-state index contributed by atoms with van der Waals surface area (Å²) in [5, 5.41) is 53.8. The lowest BCUT2D eigenvalue weighted by Gasteiger charge is -2.21. The number of nitrogens with two attached hydrogens (primary N) is 1. The van der Waals surface area contributed by atoms with Crippen molar-refractivity contribution in [3.8, 4) is 0 Å².